The van der Waals surface area contributed by atoms with E-state index in [9.17, 15) is 23.2 Å². The zero-order valence-corrected chi connectivity index (χ0v) is 18.2. The lowest BCUT2D eigenvalue weighted by atomic mass is 10.1. The number of nitrogens with zero attached hydrogens (tertiary/aromatic N) is 3. The van der Waals surface area contributed by atoms with Gasteiger partial charge in [-0.25, -0.2) is 4.98 Å². The molecule has 7 nitrogen and oxygen atoms in total. The van der Waals surface area contributed by atoms with Crippen molar-refractivity contribution in [1.29, 1.82) is 0 Å². The Morgan fingerprint density at radius 1 is 0.853 bits per heavy atom. The predicted molar refractivity (Wildman–Crippen MR) is 122 cm³/mol. The van der Waals surface area contributed by atoms with Crippen molar-refractivity contribution in [1.82, 2.24) is 14.5 Å². The molecule has 0 spiro atoms. The minimum atomic E-state index is -2.97. The second kappa shape index (κ2) is 8.71. The fraction of sp³-hybridized carbons (Fsp3) is 0.0833. The van der Waals surface area contributed by atoms with Gasteiger partial charge in [-0.05, 0) is 48.5 Å². The third-order valence-electron chi connectivity index (χ3n) is 5.27. The Labute approximate surface area is 195 Å². The second-order valence-electron chi connectivity index (χ2n) is 7.28. The summed E-state index contributed by atoms with van der Waals surface area (Å²) in [6, 6.07) is 18.9. The van der Waals surface area contributed by atoms with Gasteiger partial charge in [0.15, 0.2) is 5.16 Å². The molecule has 1 aliphatic rings. The van der Waals surface area contributed by atoms with Crippen LogP contribution >= 0.6 is 11.8 Å². The van der Waals surface area contributed by atoms with Crippen molar-refractivity contribution >= 4 is 34.5 Å². The molecule has 3 aromatic carbocycles. The maximum Gasteiger partial charge on any atom is 0.387 e. The molecule has 0 saturated heterocycles. The molecule has 10 heteroatoms. The van der Waals surface area contributed by atoms with E-state index < -0.39 is 18.4 Å². The van der Waals surface area contributed by atoms with Crippen LogP contribution in [0.15, 0.2) is 82.7 Å². The van der Waals surface area contributed by atoms with Gasteiger partial charge >= 0.3 is 6.61 Å². The highest BCUT2D eigenvalue weighted by atomic mass is 32.2. The molecule has 0 fully saturated rings. The summed E-state index contributed by atoms with van der Waals surface area (Å²) in [7, 11) is 0. The normalized spacial score (nSPS) is 13.1. The summed E-state index contributed by atoms with van der Waals surface area (Å²) in [4.78, 5) is 44.4. The van der Waals surface area contributed by atoms with Gasteiger partial charge in [0.25, 0.3) is 17.4 Å². The van der Waals surface area contributed by atoms with Gasteiger partial charge in [-0.3, -0.25) is 23.9 Å². The molecular formula is C24H15F2N3O4S. The summed E-state index contributed by atoms with van der Waals surface area (Å²) in [6.07, 6.45) is 0. The summed E-state index contributed by atoms with van der Waals surface area (Å²) >= 11 is 1.05. The van der Waals surface area contributed by atoms with E-state index in [1.165, 1.54) is 28.8 Å². The van der Waals surface area contributed by atoms with E-state index in [1.807, 2.05) is 0 Å². The average Bonchev–Trinajstić information content (AvgIpc) is 3.08. The Balaban J connectivity index is 1.53. The van der Waals surface area contributed by atoms with Crippen molar-refractivity contribution in [2.75, 3.05) is 5.88 Å². The Hall–Kier alpha value is -4.05. The number of halogens is 2. The van der Waals surface area contributed by atoms with Gasteiger partial charge in [-0.15, -0.1) is 0 Å². The highest BCUT2D eigenvalue weighted by Crippen LogP contribution is 2.28. The lowest BCUT2D eigenvalue weighted by Gasteiger charge is -2.17. The van der Waals surface area contributed by atoms with E-state index in [0.717, 1.165) is 16.7 Å². The van der Waals surface area contributed by atoms with E-state index in [2.05, 4.69) is 9.72 Å². The Kier molecular flexibility index (Phi) is 5.58. The van der Waals surface area contributed by atoms with Crippen molar-refractivity contribution in [3.05, 3.63) is 94.3 Å². The second-order valence-corrected chi connectivity index (χ2v) is 8.19. The number of aromatic nitrogens is 2. The van der Waals surface area contributed by atoms with E-state index in [-0.39, 0.29) is 22.3 Å². The van der Waals surface area contributed by atoms with Gasteiger partial charge in [0.1, 0.15) is 5.75 Å². The maximum absolute atomic E-state index is 13.3. The molecule has 0 aliphatic carbocycles. The quantitative estimate of drug-likeness (QED) is 0.233. The smallest absolute Gasteiger partial charge is 0.387 e. The average molecular weight is 479 g/mol. The number of ether oxygens (including phenoxy) is 1. The SMILES string of the molecule is O=C1c2ccccc2C(=O)N1CSc1nc2ccccc2c(=O)n1-c1ccc(OC(F)F)cc1. The van der Waals surface area contributed by atoms with Gasteiger partial charge in [0.05, 0.1) is 33.6 Å². The molecule has 0 N–H and O–H groups in total. The molecule has 34 heavy (non-hydrogen) atoms. The van der Waals surface area contributed by atoms with E-state index >= 15 is 0 Å². The van der Waals surface area contributed by atoms with Crippen LogP contribution in [0.5, 0.6) is 5.75 Å². The first kappa shape index (κ1) is 21.8. The van der Waals surface area contributed by atoms with Crippen LogP contribution in [0.25, 0.3) is 16.6 Å². The number of rotatable bonds is 6. The number of para-hydroxylation sites is 1. The number of hydrogen-bond donors (Lipinski definition) is 0. The number of hydrogen-bond acceptors (Lipinski definition) is 6. The monoisotopic (exact) mass is 479 g/mol. The van der Waals surface area contributed by atoms with Crippen LogP contribution in [0, 0.1) is 0 Å². The minimum Gasteiger partial charge on any atom is -0.435 e. The van der Waals surface area contributed by atoms with Crippen molar-refractivity contribution in [3.63, 3.8) is 0 Å². The largest absolute Gasteiger partial charge is 0.435 e. The van der Waals surface area contributed by atoms with Crippen molar-refractivity contribution < 1.29 is 23.1 Å². The van der Waals surface area contributed by atoms with Crippen LogP contribution < -0.4 is 10.3 Å². The van der Waals surface area contributed by atoms with Crippen LogP contribution in [0.1, 0.15) is 20.7 Å². The third-order valence-corrected chi connectivity index (χ3v) is 6.19. The number of benzene rings is 3. The third kappa shape index (κ3) is 3.81. The number of carbonyl (C=O) groups is 2. The Morgan fingerprint density at radius 2 is 1.47 bits per heavy atom. The summed E-state index contributed by atoms with van der Waals surface area (Å²) in [5.41, 5.74) is 1.09. The van der Waals surface area contributed by atoms with Crippen molar-refractivity contribution in [3.8, 4) is 11.4 Å². The van der Waals surface area contributed by atoms with Gasteiger partial charge in [0.2, 0.25) is 0 Å². The number of carbonyl (C=O) groups excluding carboxylic acids is 2. The van der Waals surface area contributed by atoms with Gasteiger partial charge in [-0.2, -0.15) is 8.78 Å². The molecular weight excluding hydrogens is 464 g/mol. The maximum atomic E-state index is 13.3. The fourth-order valence-electron chi connectivity index (χ4n) is 3.69. The van der Waals surface area contributed by atoms with Crippen molar-refractivity contribution in [2.24, 2.45) is 0 Å². The number of alkyl halides is 2. The summed E-state index contributed by atoms with van der Waals surface area (Å²) < 4.78 is 30.7. The van der Waals surface area contributed by atoms with Gasteiger partial charge < -0.3 is 4.74 Å². The Morgan fingerprint density at radius 3 is 2.12 bits per heavy atom. The summed E-state index contributed by atoms with van der Waals surface area (Å²) in [6.45, 7) is -2.97. The van der Waals surface area contributed by atoms with E-state index in [1.54, 1.807) is 48.5 Å². The highest BCUT2D eigenvalue weighted by Gasteiger charge is 2.35. The lowest BCUT2D eigenvalue weighted by Crippen LogP contribution is -2.30. The zero-order chi connectivity index (χ0) is 23.8. The highest BCUT2D eigenvalue weighted by molar-refractivity contribution is 7.99. The first-order valence-electron chi connectivity index (χ1n) is 10.1. The fourth-order valence-corrected chi connectivity index (χ4v) is 4.65. The standard InChI is InChI=1S/C24H15F2N3O4S/c25-23(26)33-15-11-9-14(10-12-15)29-22(32)18-7-3-4-8-19(18)27-24(29)34-13-28-20(30)16-5-1-2-6-17(16)21(28)31/h1-12,23H,13H2. The van der Waals surface area contributed by atoms with Crippen LogP contribution in [-0.2, 0) is 0 Å². The first-order chi connectivity index (χ1) is 16.4. The molecule has 0 atom stereocenters. The Bertz CT molecular complexity index is 1450. The predicted octanol–water partition coefficient (Wildman–Crippen LogP) is 4.33. The lowest BCUT2D eigenvalue weighted by molar-refractivity contribution is -0.0498. The molecule has 1 aliphatic heterocycles. The molecule has 0 radical (unpaired) electrons. The summed E-state index contributed by atoms with van der Waals surface area (Å²) in [5, 5.41) is 0.600. The molecule has 2 amide bonds. The molecule has 4 aromatic rings. The van der Waals surface area contributed by atoms with Crippen LogP contribution in [0.3, 0.4) is 0 Å². The minimum absolute atomic E-state index is 0.0548. The van der Waals surface area contributed by atoms with E-state index in [0.29, 0.717) is 27.7 Å². The molecule has 1 aromatic heterocycles. The van der Waals surface area contributed by atoms with Crippen LogP contribution in [0.4, 0.5) is 8.78 Å². The van der Waals surface area contributed by atoms with Crippen LogP contribution in [-0.4, -0.2) is 38.8 Å². The molecule has 170 valence electrons. The zero-order valence-electron chi connectivity index (χ0n) is 17.4. The molecule has 0 bridgehead atoms. The van der Waals surface area contributed by atoms with Crippen molar-refractivity contribution in [2.45, 2.75) is 11.8 Å². The summed E-state index contributed by atoms with van der Waals surface area (Å²) in [5.74, 6) is -0.961. The number of amides is 2. The number of imide groups is 1. The van der Waals surface area contributed by atoms with Gasteiger partial charge in [-0.1, -0.05) is 36.0 Å². The van der Waals surface area contributed by atoms with E-state index in [4.69, 9.17) is 0 Å². The molecule has 0 saturated carbocycles. The van der Waals surface area contributed by atoms with Crippen LogP contribution in [0.2, 0.25) is 0 Å². The molecule has 0 unspecified atom stereocenters. The van der Waals surface area contributed by atoms with Gasteiger partial charge in [0, 0.05) is 0 Å². The number of thioether (sulfide) groups is 1. The molecule has 5 rings (SSSR count). The topological polar surface area (TPSA) is 81.5 Å². The molecule has 2 heterocycles. The first-order valence-corrected chi connectivity index (χ1v) is 11.1. The number of fused-ring (bicyclic) bond motifs is 2.